The van der Waals surface area contributed by atoms with E-state index in [1.807, 2.05) is 19.9 Å². The molecule has 2 N–H and O–H groups in total. The fourth-order valence-corrected chi connectivity index (χ4v) is 6.40. The lowest BCUT2D eigenvalue weighted by Crippen LogP contribution is -2.39. The molecule has 2 aromatic heterocycles. The van der Waals surface area contributed by atoms with Crippen molar-refractivity contribution < 1.29 is 27.8 Å². The molecule has 2 aliphatic rings. The van der Waals surface area contributed by atoms with Crippen LogP contribution in [0.4, 0.5) is 8.78 Å². The van der Waals surface area contributed by atoms with Crippen LogP contribution in [0.15, 0.2) is 79.1 Å². The zero-order valence-corrected chi connectivity index (χ0v) is 27.8. The number of halogens is 2. The van der Waals surface area contributed by atoms with E-state index in [-0.39, 0.29) is 54.7 Å². The number of benzene rings is 2. The number of aromatic nitrogens is 2. The highest BCUT2D eigenvalue weighted by atomic mass is 19.1. The van der Waals surface area contributed by atoms with Gasteiger partial charge in [0.15, 0.2) is 0 Å². The van der Waals surface area contributed by atoms with Crippen molar-refractivity contribution in [2.24, 2.45) is 11.8 Å². The van der Waals surface area contributed by atoms with Crippen molar-refractivity contribution in [2.75, 3.05) is 0 Å². The SMILES string of the molecule is CC(NC(=O)c1ccc(COc2ccc(F)cc2)nc1)C1CCC(c2cc(F)cc(OCc3ccc(C(=O)NC(C)C4CC4)cn3)c2)CC1. The standard InChI is InChI=1S/C39H42F2N4O4/c1-24(26-3-4-26)44-38(46)30-10-14-35(43-21-30)23-49-37-18-31(17-33(41)19-37)28-7-5-27(6-8-28)25(2)45-39(47)29-9-13-34(42-20-29)22-48-36-15-11-32(40)12-16-36/h9-21,24-28H,3-8,22-23H2,1-2H3,(H,44,46)(H,45,47). The fraction of sp³-hybridized carbons (Fsp3) is 0.385. The van der Waals surface area contributed by atoms with Gasteiger partial charge in [0, 0.05) is 30.5 Å². The molecule has 2 heterocycles. The first kappa shape index (κ1) is 34.0. The Hall–Kier alpha value is -4.86. The first-order chi connectivity index (χ1) is 23.7. The van der Waals surface area contributed by atoms with E-state index in [1.165, 1.54) is 24.4 Å². The lowest BCUT2D eigenvalue weighted by Gasteiger charge is -2.33. The molecular weight excluding hydrogens is 626 g/mol. The van der Waals surface area contributed by atoms with E-state index >= 15 is 0 Å². The predicted molar refractivity (Wildman–Crippen MR) is 181 cm³/mol. The maximum atomic E-state index is 14.7. The van der Waals surface area contributed by atoms with Gasteiger partial charge < -0.3 is 20.1 Å². The minimum Gasteiger partial charge on any atom is -0.487 e. The molecule has 49 heavy (non-hydrogen) atoms. The maximum absolute atomic E-state index is 14.7. The second kappa shape index (κ2) is 15.6. The summed E-state index contributed by atoms with van der Waals surface area (Å²) < 4.78 is 39.3. The molecule has 2 aromatic carbocycles. The van der Waals surface area contributed by atoms with Crippen LogP contribution in [0, 0.1) is 23.5 Å². The quantitative estimate of drug-likeness (QED) is 0.153. The Kier molecular flexibility index (Phi) is 10.8. The summed E-state index contributed by atoms with van der Waals surface area (Å²) in [6.45, 7) is 4.42. The van der Waals surface area contributed by atoms with Gasteiger partial charge in [-0.2, -0.15) is 0 Å². The third kappa shape index (κ3) is 9.40. The molecule has 0 aliphatic heterocycles. The van der Waals surface area contributed by atoms with Crippen molar-refractivity contribution in [1.82, 2.24) is 20.6 Å². The minimum atomic E-state index is -0.346. The molecular formula is C39H42F2N4O4. The Morgan fingerprint density at radius 3 is 1.67 bits per heavy atom. The molecule has 2 amide bonds. The molecule has 256 valence electrons. The number of nitrogens with zero attached hydrogens (tertiary/aromatic N) is 2. The summed E-state index contributed by atoms with van der Waals surface area (Å²) in [5, 5.41) is 6.15. The van der Waals surface area contributed by atoms with Crippen LogP contribution in [-0.4, -0.2) is 33.9 Å². The number of rotatable bonds is 13. The van der Waals surface area contributed by atoms with E-state index in [0.717, 1.165) is 44.1 Å². The molecule has 0 saturated heterocycles. The summed E-state index contributed by atoms with van der Waals surface area (Å²) >= 11 is 0. The average molecular weight is 669 g/mol. The highest BCUT2D eigenvalue weighted by Gasteiger charge is 2.29. The third-order valence-electron chi connectivity index (χ3n) is 9.65. The monoisotopic (exact) mass is 668 g/mol. The van der Waals surface area contributed by atoms with E-state index in [4.69, 9.17) is 9.47 Å². The molecule has 8 nitrogen and oxygen atoms in total. The van der Waals surface area contributed by atoms with Crippen LogP contribution in [0.3, 0.4) is 0 Å². The second-order valence-electron chi connectivity index (χ2n) is 13.3. The van der Waals surface area contributed by atoms with Crippen LogP contribution in [0.1, 0.15) is 96.0 Å². The van der Waals surface area contributed by atoms with Crippen molar-refractivity contribution >= 4 is 11.8 Å². The summed E-state index contributed by atoms with van der Waals surface area (Å²) in [6, 6.07) is 17.7. The minimum absolute atomic E-state index is 0.0344. The number of hydrogen-bond acceptors (Lipinski definition) is 6. The number of amides is 2. The number of carbonyl (C=O) groups excluding carboxylic acids is 2. The Morgan fingerprint density at radius 1 is 0.673 bits per heavy atom. The van der Waals surface area contributed by atoms with Crippen LogP contribution < -0.4 is 20.1 Å². The zero-order chi connectivity index (χ0) is 34.3. The van der Waals surface area contributed by atoms with Crippen LogP contribution in [0.25, 0.3) is 0 Å². The Morgan fingerprint density at radius 2 is 1.18 bits per heavy atom. The largest absolute Gasteiger partial charge is 0.487 e. The number of carbonyl (C=O) groups is 2. The molecule has 2 fully saturated rings. The summed E-state index contributed by atoms with van der Waals surface area (Å²) in [4.78, 5) is 34.2. The van der Waals surface area contributed by atoms with E-state index in [0.29, 0.717) is 45.8 Å². The smallest absolute Gasteiger partial charge is 0.253 e. The highest BCUT2D eigenvalue weighted by molar-refractivity contribution is 5.94. The molecule has 6 rings (SSSR count). The third-order valence-corrected chi connectivity index (χ3v) is 9.65. The van der Waals surface area contributed by atoms with E-state index in [1.54, 1.807) is 48.7 Å². The van der Waals surface area contributed by atoms with Gasteiger partial charge in [-0.1, -0.05) is 0 Å². The van der Waals surface area contributed by atoms with Gasteiger partial charge in [-0.3, -0.25) is 19.6 Å². The number of hydrogen-bond donors (Lipinski definition) is 2. The van der Waals surface area contributed by atoms with Gasteiger partial charge in [0.05, 0.1) is 22.5 Å². The molecule has 2 atom stereocenters. The van der Waals surface area contributed by atoms with Gasteiger partial charge in [-0.15, -0.1) is 0 Å². The molecule has 0 bridgehead atoms. The van der Waals surface area contributed by atoms with Crippen molar-refractivity contribution in [3.8, 4) is 11.5 Å². The lowest BCUT2D eigenvalue weighted by molar-refractivity contribution is 0.0914. The summed E-state index contributed by atoms with van der Waals surface area (Å²) in [6.07, 6.45) is 8.97. The summed E-state index contributed by atoms with van der Waals surface area (Å²) in [5.74, 6) is 1.06. The molecule has 2 aliphatic carbocycles. The Labute approximate surface area is 285 Å². The van der Waals surface area contributed by atoms with Crippen molar-refractivity contribution in [1.29, 1.82) is 0 Å². The Bertz CT molecular complexity index is 1720. The van der Waals surface area contributed by atoms with Gasteiger partial charge in [-0.05, 0) is 136 Å². The molecule has 10 heteroatoms. The predicted octanol–water partition coefficient (Wildman–Crippen LogP) is 7.53. The second-order valence-corrected chi connectivity index (χ2v) is 13.3. The van der Waals surface area contributed by atoms with Crippen LogP contribution >= 0.6 is 0 Å². The Balaban J connectivity index is 0.951. The number of pyridine rings is 2. The normalized spacial score (nSPS) is 18.6. The lowest BCUT2D eigenvalue weighted by atomic mass is 9.76. The number of nitrogens with one attached hydrogen (secondary N) is 2. The van der Waals surface area contributed by atoms with Crippen LogP contribution in [-0.2, 0) is 13.2 Å². The van der Waals surface area contributed by atoms with Gasteiger partial charge in [0.1, 0.15) is 36.3 Å². The molecule has 2 saturated carbocycles. The first-order valence-corrected chi connectivity index (χ1v) is 17.0. The molecule has 2 unspecified atom stereocenters. The zero-order valence-electron chi connectivity index (χ0n) is 27.8. The van der Waals surface area contributed by atoms with Gasteiger partial charge in [-0.25, -0.2) is 8.78 Å². The average Bonchev–Trinajstić information content (AvgIpc) is 3.97. The maximum Gasteiger partial charge on any atom is 0.253 e. The van der Waals surface area contributed by atoms with Gasteiger partial charge in [0.25, 0.3) is 11.8 Å². The molecule has 0 radical (unpaired) electrons. The van der Waals surface area contributed by atoms with Crippen molar-refractivity contribution in [3.63, 3.8) is 0 Å². The topological polar surface area (TPSA) is 102 Å². The summed E-state index contributed by atoms with van der Waals surface area (Å²) in [7, 11) is 0. The van der Waals surface area contributed by atoms with E-state index in [2.05, 4.69) is 20.6 Å². The van der Waals surface area contributed by atoms with Crippen LogP contribution in [0.5, 0.6) is 11.5 Å². The number of ether oxygens (including phenoxy) is 2. The highest BCUT2D eigenvalue weighted by Crippen LogP contribution is 2.38. The molecule has 4 aromatic rings. The van der Waals surface area contributed by atoms with Crippen molar-refractivity contribution in [2.45, 2.75) is 83.6 Å². The first-order valence-electron chi connectivity index (χ1n) is 17.0. The summed E-state index contributed by atoms with van der Waals surface area (Å²) in [5.41, 5.74) is 3.18. The van der Waals surface area contributed by atoms with Gasteiger partial charge >= 0.3 is 0 Å². The van der Waals surface area contributed by atoms with Crippen molar-refractivity contribution in [3.05, 3.63) is 119 Å². The molecule has 0 spiro atoms. The fourth-order valence-electron chi connectivity index (χ4n) is 6.40. The van der Waals surface area contributed by atoms with E-state index in [9.17, 15) is 18.4 Å². The van der Waals surface area contributed by atoms with Crippen LogP contribution in [0.2, 0.25) is 0 Å². The van der Waals surface area contributed by atoms with E-state index < -0.39 is 0 Å². The van der Waals surface area contributed by atoms with Gasteiger partial charge in [0.2, 0.25) is 0 Å².